The van der Waals surface area contributed by atoms with E-state index in [4.69, 9.17) is 22.1 Å². The number of hydrogen-bond donors (Lipinski definition) is 1. The molecular formula is C27H30ClF2N5O4. The Balaban J connectivity index is 1.64. The number of nitrogens with two attached hydrogens (primary N) is 1. The van der Waals surface area contributed by atoms with Gasteiger partial charge in [-0.2, -0.15) is 5.10 Å². The number of rotatable bonds is 10. The number of benzene rings is 1. The van der Waals surface area contributed by atoms with Gasteiger partial charge in [-0.15, -0.1) is 0 Å². The minimum absolute atomic E-state index is 0.0813. The summed E-state index contributed by atoms with van der Waals surface area (Å²) in [6.07, 6.45) is -0.919. The van der Waals surface area contributed by atoms with Crippen molar-refractivity contribution in [2.24, 2.45) is 27.6 Å². The first kappa shape index (κ1) is 28.4. The number of likely N-dealkylation sites (tertiary alicyclic amines) is 1. The molecule has 3 amide bonds. The average Bonchev–Trinajstić information content (AvgIpc) is 3.14. The van der Waals surface area contributed by atoms with Gasteiger partial charge in [0.2, 0.25) is 11.8 Å². The van der Waals surface area contributed by atoms with Crippen molar-refractivity contribution in [2.45, 2.75) is 33.1 Å². The highest BCUT2D eigenvalue weighted by Crippen LogP contribution is 2.40. The molecule has 208 valence electrons. The lowest BCUT2D eigenvalue weighted by atomic mass is 9.72. The number of carbonyl (C=O) groups is 3. The van der Waals surface area contributed by atoms with E-state index in [1.807, 2.05) is 0 Å². The Hall–Kier alpha value is -3.60. The van der Waals surface area contributed by atoms with Crippen molar-refractivity contribution in [2.75, 3.05) is 26.2 Å². The maximum Gasteiger partial charge on any atom is 0.258 e. The second-order valence-corrected chi connectivity index (χ2v) is 10.8. The van der Waals surface area contributed by atoms with Gasteiger partial charge in [-0.05, 0) is 30.3 Å². The molecule has 0 saturated carbocycles. The first-order valence-electron chi connectivity index (χ1n) is 12.5. The van der Waals surface area contributed by atoms with E-state index >= 15 is 0 Å². The number of primary amides is 1. The van der Waals surface area contributed by atoms with Crippen LogP contribution in [0.2, 0.25) is 5.02 Å². The molecule has 12 heteroatoms. The Morgan fingerprint density at radius 1 is 1.23 bits per heavy atom. The SMILES string of the molecule is CC(C)(C(N)=O)[C@H](COc1cccc(Cl)c1)C(=O)N1CCC2=NN(CC(F)F)C(=O)[C@]2(Cc2ccccn2)C1. The van der Waals surface area contributed by atoms with Crippen LogP contribution in [0.3, 0.4) is 0 Å². The third-order valence-electron chi connectivity index (χ3n) is 7.37. The summed E-state index contributed by atoms with van der Waals surface area (Å²) in [5.74, 6) is -2.35. The summed E-state index contributed by atoms with van der Waals surface area (Å²) >= 11 is 6.05. The van der Waals surface area contributed by atoms with Crippen molar-refractivity contribution < 1.29 is 27.9 Å². The molecule has 2 atom stereocenters. The Bertz CT molecular complexity index is 1280. The zero-order valence-corrected chi connectivity index (χ0v) is 22.4. The summed E-state index contributed by atoms with van der Waals surface area (Å²) in [5.41, 5.74) is 4.02. The largest absolute Gasteiger partial charge is 0.493 e. The average molecular weight is 562 g/mol. The lowest BCUT2D eigenvalue weighted by Gasteiger charge is -2.42. The van der Waals surface area contributed by atoms with Crippen LogP contribution in [-0.2, 0) is 20.8 Å². The molecule has 39 heavy (non-hydrogen) atoms. The number of piperidine rings is 1. The van der Waals surface area contributed by atoms with E-state index in [1.165, 1.54) is 4.90 Å². The molecule has 1 aromatic heterocycles. The predicted octanol–water partition coefficient (Wildman–Crippen LogP) is 3.17. The molecule has 2 aliphatic heterocycles. The highest BCUT2D eigenvalue weighted by molar-refractivity contribution is 6.30. The number of aromatic nitrogens is 1. The molecule has 0 bridgehead atoms. The highest BCUT2D eigenvalue weighted by atomic mass is 35.5. The van der Waals surface area contributed by atoms with Crippen molar-refractivity contribution in [3.05, 3.63) is 59.4 Å². The standard InChI is InChI=1S/C27H30ClF2N5O4/c1-26(2,24(31)37)20(15-39-19-8-5-6-17(28)12-19)23(36)34-11-9-21-27(16-34,13-18-7-3-4-10-32-18)25(38)35(33-21)14-22(29)30/h3-8,10,12,20,22H,9,11,13-16H2,1-2H3,(H2,31,37)/t20-,27-/m1/s1. The van der Waals surface area contributed by atoms with Crippen LogP contribution in [0.25, 0.3) is 0 Å². The van der Waals surface area contributed by atoms with Gasteiger partial charge in [0.15, 0.2) is 0 Å². The minimum Gasteiger partial charge on any atom is -0.493 e. The number of hydrogen-bond acceptors (Lipinski definition) is 6. The van der Waals surface area contributed by atoms with Crippen molar-refractivity contribution >= 4 is 35.0 Å². The van der Waals surface area contributed by atoms with Gasteiger partial charge in [0, 0.05) is 42.8 Å². The van der Waals surface area contributed by atoms with Crippen LogP contribution >= 0.6 is 11.6 Å². The molecule has 9 nitrogen and oxygen atoms in total. The van der Waals surface area contributed by atoms with Gasteiger partial charge in [0.05, 0.1) is 17.0 Å². The fraction of sp³-hybridized carbons (Fsp3) is 0.444. The topological polar surface area (TPSA) is 118 Å². The third kappa shape index (κ3) is 5.88. The predicted molar refractivity (Wildman–Crippen MR) is 140 cm³/mol. The second kappa shape index (κ2) is 11.3. The molecule has 4 rings (SSSR count). The summed E-state index contributed by atoms with van der Waals surface area (Å²) in [7, 11) is 0. The van der Waals surface area contributed by atoms with Gasteiger partial charge in [0.25, 0.3) is 12.3 Å². The number of nitrogens with zero attached hydrogens (tertiary/aromatic N) is 4. The fourth-order valence-corrected chi connectivity index (χ4v) is 5.14. The number of ether oxygens (including phenoxy) is 1. The summed E-state index contributed by atoms with van der Waals surface area (Å²) in [4.78, 5) is 45.8. The summed E-state index contributed by atoms with van der Waals surface area (Å²) in [6, 6.07) is 11.8. The zero-order valence-electron chi connectivity index (χ0n) is 21.6. The first-order chi connectivity index (χ1) is 18.4. The minimum atomic E-state index is -2.77. The molecule has 3 heterocycles. The molecule has 0 radical (unpaired) electrons. The summed E-state index contributed by atoms with van der Waals surface area (Å²) < 4.78 is 32.4. The van der Waals surface area contributed by atoms with E-state index in [2.05, 4.69) is 10.1 Å². The van der Waals surface area contributed by atoms with Gasteiger partial charge >= 0.3 is 0 Å². The highest BCUT2D eigenvalue weighted by Gasteiger charge is 2.56. The fourth-order valence-electron chi connectivity index (χ4n) is 4.96. The Labute approximate surface area is 229 Å². The van der Waals surface area contributed by atoms with Gasteiger partial charge in [-0.3, -0.25) is 19.4 Å². The monoisotopic (exact) mass is 561 g/mol. The number of carbonyl (C=O) groups excluding carboxylic acids is 3. The molecule has 2 N–H and O–H groups in total. The van der Waals surface area contributed by atoms with Crippen molar-refractivity contribution in [1.82, 2.24) is 14.9 Å². The van der Waals surface area contributed by atoms with Crippen molar-refractivity contribution in [1.29, 1.82) is 0 Å². The quantitative estimate of drug-likeness (QED) is 0.478. The van der Waals surface area contributed by atoms with Crippen LogP contribution in [0, 0.1) is 16.7 Å². The lowest BCUT2D eigenvalue weighted by molar-refractivity contribution is -0.150. The van der Waals surface area contributed by atoms with Crippen LogP contribution in [0.4, 0.5) is 8.78 Å². The van der Waals surface area contributed by atoms with Gasteiger partial charge < -0.3 is 15.4 Å². The van der Waals surface area contributed by atoms with Gasteiger partial charge in [0.1, 0.15) is 24.3 Å². The lowest BCUT2D eigenvalue weighted by Crippen LogP contribution is -2.59. The molecule has 0 unspecified atom stereocenters. The van der Waals surface area contributed by atoms with E-state index < -0.39 is 47.4 Å². The zero-order chi connectivity index (χ0) is 28.4. The van der Waals surface area contributed by atoms with Crippen LogP contribution in [-0.4, -0.2) is 71.0 Å². The number of fused-ring (bicyclic) bond motifs is 1. The number of hydrazone groups is 1. The Morgan fingerprint density at radius 3 is 2.64 bits per heavy atom. The van der Waals surface area contributed by atoms with E-state index in [0.717, 1.165) is 5.01 Å². The molecule has 0 aliphatic carbocycles. The molecular weight excluding hydrogens is 532 g/mol. The maximum absolute atomic E-state index is 14.0. The van der Waals surface area contributed by atoms with E-state index in [1.54, 1.807) is 62.5 Å². The van der Waals surface area contributed by atoms with Crippen LogP contribution in [0.1, 0.15) is 26.0 Å². The molecule has 0 spiro atoms. The number of pyridine rings is 1. The number of halogens is 3. The Morgan fingerprint density at radius 2 is 2.00 bits per heavy atom. The van der Waals surface area contributed by atoms with Crippen molar-refractivity contribution in [3.8, 4) is 5.75 Å². The molecule has 2 aliphatic rings. The third-order valence-corrected chi connectivity index (χ3v) is 7.60. The van der Waals surface area contributed by atoms with Crippen LogP contribution < -0.4 is 10.5 Å². The Kier molecular flexibility index (Phi) is 8.20. The van der Waals surface area contributed by atoms with Crippen LogP contribution in [0.5, 0.6) is 5.75 Å². The smallest absolute Gasteiger partial charge is 0.258 e. The molecule has 1 fully saturated rings. The maximum atomic E-state index is 14.0. The number of alkyl halides is 2. The van der Waals surface area contributed by atoms with Gasteiger partial charge in [-0.25, -0.2) is 13.8 Å². The number of amides is 3. The second-order valence-electron chi connectivity index (χ2n) is 10.3. The van der Waals surface area contributed by atoms with E-state index in [0.29, 0.717) is 22.2 Å². The summed E-state index contributed by atoms with van der Waals surface area (Å²) in [5, 5.41) is 5.48. The van der Waals surface area contributed by atoms with E-state index in [-0.39, 0.29) is 32.5 Å². The first-order valence-corrected chi connectivity index (χ1v) is 12.9. The molecule has 1 saturated heterocycles. The molecule has 2 aromatic rings. The normalized spacial score (nSPS) is 20.1. The molecule has 1 aromatic carbocycles. The van der Waals surface area contributed by atoms with Crippen molar-refractivity contribution in [3.63, 3.8) is 0 Å². The van der Waals surface area contributed by atoms with E-state index in [9.17, 15) is 23.2 Å². The van der Waals surface area contributed by atoms with Crippen LogP contribution in [0.15, 0.2) is 53.8 Å². The van der Waals surface area contributed by atoms with Gasteiger partial charge in [-0.1, -0.05) is 37.6 Å². The summed E-state index contributed by atoms with van der Waals surface area (Å²) in [6.45, 7) is 2.17.